The minimum atomic E-state index is -0.408. The fourth-order valence-electron chi connectivity index (χ4n) is 4.02. The molecule has 7 nitrogen and oxygen atoms in total. The van der Waals surface area contributed by atoms with E-state index in [0.29, 0.717) is 39.3 Å². The number of nitro groups is 1. The third-order valence-corrected chi connectivity index (χ3v) is 7.00. The number of aryl methyl sites for hydroxylation is 1. The second-order valence-electron chi connectivity index (χ2n) is 8.63. The van der Waals surface area contributed by atoms with Gasteiger partial charge in [0.1, 0.15) is 11.5 Å². The highest BCUT2D eigenvalue weighted by Crippen LogP contribution is 2.37. The number of furan rings is 1. The maximum atomic E-state index is 13.5. The van der Waals surface area contributed by atoms with Gasteiger partial charge in [0.25, 0.3) is 11.6 Å². The van der Waals surface area contributed by atoms with Crippen LogP contribution in [0.25, 0.3) is 17.4 Å². The molecule has 1 aromatic heterocycles. The number of hydrogen-bond donors (Lipinski definition) is 0. The first-order valence-electron chi connectivity index (χ1n) is 11.6. The molecule has 0 aliphatic carbocycles. The van der Waals surface area contributed by atoms with E-state index in [4.69, 9.17) is 9.41 Å². The maximum absolute atomic E-state index is 13.5. The summed E-state index contributed by atoms with van der Waals surface area (Å²) in [7, 11) is 0. The van der Waals surface area contributed by atoms with E-state index >= 15 is 0 Å². The molecular formula is C29H23N3O4S. The number of aliphatic imine (C=N–C) groups is 1. The number of nitro benzene ring substituents is 1. The molecule has 0 atom stereocenters. The molecule has 1 aliphatic rings. The lowest BCUT2D eigenvalue weighted by Gasteiger charge is -2.15. The van der Waals surface area contributed by atoms with Gasteiger partial charge in [-0.15, -0.1) is 0 Å². The summed E-state index contributed by atoms with van der Waals surface area (Å²) in [5, 5.41) is 11.9. The summed E-state index contributed by atoms with van der Waals surface area (Å²) in [5.41, 5.74) is 4.08. The quantitative estimate of drug-likeness (QED) is 0.155. The molecule has 1 aliphatic heterocycles. The SMILES string of the molecule is Cc1ccc(N=C2S/C(=C/c3ccc(-c4cccc([N+](=O)[O-])c4C)o3)C(=O)N2Cc2ccccc2)cc1. The molecule has 0 bridgehead atoms. The smallest absolute Gasteiger partial charge is 0.273 e. The second-order valence-corrected chi connectivity index (χ2v) is 9.64. The van der Waals surface area contributed by atoms with Crippen molar-refractivity contribution in [3.05, 3.63) is 122 Å². The third-order valence-electron chi connectivity index (χ3n) is 6.00. The Bertz CT molecular complexity index is 1540. The van der Waals surface area contributed by atoms with E-state index in [2.05, 4.69) is 0 Å². The van der Waals surface area contributed by atoms with Crippen LogP contribution in [-0.4, -0.2) is 20.9 Å². The summed E-state index contributed by atoms with van der Waals surface area (Å²) in [6.45, 7) is 4.10. The van der Waals surface area contributed by atoms with Crippen LogP contribution in [0.4, 0.5) is 11.4 Å². The van der Waals surface area contributed by atoms with Crippen molar-refractivity contribution in [1.82, 2.24) is 4.90 Å². The standard InChI is InChI=1S/C29H23N3O4S/c1-19-11-13-22(14-12-19)30-29-31(18-21-7-4-3-5-8-21)28(33)27(37-29)17-23-15-16-26(36-23)24-9-6-10-25(20(24)2)32(34)35/h3-17H,18H2,1-2H3/b27-17+,30-29?. The van der Waals surface area contributed by atoms with Crippen molar-refractivity contribution in [1.29, 1.82) is 0 Å². The summed E-state index contributed by atoms with van der Waals surface area (Å²) in [4.78, 5) is 31.3. The molecule has 1 fully saturated rings. The van der Waals surface area contributed by atoms with Crippen LogP contribution in [-0.2, 0) is 11.3 Å². The number of amides is 1. The van der Waals surface area contributed by atoms with Crippen LogP contribution < -0.4 is 0 Å². The van der Waals surface area contributed by atoms with Crippen molar-refractivity contribution in [3.8, 4) is 11.3 Å². The van der Waals surface area contributed by atoms with Crippen molar-refractivity contribution >= 4 is 40.3 Å². The minimum Gasteiger partial charge on any atom is -0.457 e. The summed E-state index contributed by atoms with van der Waals surface area (Å²) >= 11 is 1.29. The van der Waals surface area contributed by atoms with Crippen molar-refractivity contribution in [2.24, 2.45) is 4.99 Å². The van der Waals surface area contributed by atoms with Gasteiger partial charge in [0.15, 0.2) is 5.17 Å². The van der Waals surface area contributed by atoms with Crippen molar-refractivity contribution < 1.29 is 14.1 Å². The maximum Gasteiger partial charge on any atom is 0.273 e. The lowest BCUT2D eigenvalue weighted by molar-refractivity contribution is -0.385. The Morgan fingerprint density at radius 3 is 2.46 bits per heavy atom. The van der Waals surface area contributed by atoms with Gasteiger partial charge in [-0.1, -0.05) is 60.2 Å². The van der Waals surface area contributed by atoms with E-state index in [1.165, 1.54) is 17.8 Å². The molecule has 4 aromatic rings. The summed E-state index contributed by atoms with van der Waals surface area (Å²) in [6, 6.07) is 26.0. The normalized spacial score (nSPS) is 15.6. The van der Waals surface area contributed by atoms with Crippen LogP contribution in [0, 0.1) is 24.0 Å². The second kappa shape index (κ2) is 10.3. The predicted octanol–water partition coefficient (Wildman–Crippen LogP) is 7.28. The topological polar surface area (TPSA) is 89.0 Å². The van der Waals surface area contributed by atoms with Gasteiger partial charge >= 0.3 is 0 Å². The number of benzene rings is 3. The van der Waals surface area contributed by atoms with E-state index in [-0.39, 0.29) is 11.6 Å². The number of carbonyl (C=O) groups excluding carboxylic acids is 1. The van der Waals surface area contributed by atoms with E-state index in [0.717, 1.165) is 16.8 Å². The summed E-state index contributed by atoms with van der Waals surface area (Å²) in [6.07, 6.45) is 1.69. The van der Waals surface area contributed by atoms with Gasteiger partial charge in [0.2, 0.25) is 0 Å². The number of carbonyl (C=O) groups is 1. The fourth-order valence-corrected chi connectivity index (χ4v) is 5.00. The van der Waals surface area contributed by atoms with Gasteiger partial charge in [-0.25, -0.2) is 4.99 Å². The average Bonchev–Trinajstić information content (AvgIpc) is 3.46. The Balaban J connectivity index is 1.47. The van der Waals surface area contributed by atoms with Gasteiger partial charge in [-0.05, 0) is 55.4 Å². The molecule has 3 aromatic carbocycles. The zero-order valence-electron chi connectivity index (χ0n) is 20.3. The number of hydrogen-bond acceptors (Lipinski definition) is 6. The van der Waals surface area contributed by atoms with Crippen LogP contribution in [0.15, 0.2) is 99.2 Å². The van der Waals surface area contributed by atoms with Crippen molar-refractivity contribution in [3.63, 3.8) is 0 Å². The van der Waals surface area contributed by atoms with E-state index in [1.807, 2.05) is 61.5 Å². The van der Waals surface area contributed by atoms with Gasteiger partial charge < -0.3 is 4.42 Å². The summed E-state index contributed by atoms with van der Waals surface area (Å²) < 4.78 is 5.99. The lowest BCUT2D eigenvalue weighted by atomic mass is 10.1. The Labute approximate surface area is 218 Å². The molecule has 0 N–H and O–H groups in total. The van der Waals surface area contributed by atoms with Gasteiger partial charge in [-0.3, -0.25) is 19.8 Å². The third kappa shape index (κ3) is 5.24. The van der Waals surface area contributed by atoms with Crippen LogP contribution in [0.3, 0.4) is 0 Å². The Morgan fingerprint density at radius 1 is 0.973 bits per heavy atom. The van der Waals surface area contributed by atoms with Crippen molar-refractivity contribution in [2.75, 3.05) is 0 Å². The zero-order chi connectivity index (χ0) is 25.9. The van der Waals surface area contributed by atoms with E-state index in [9.17, 15) is 14.9 Å². The fraction of sp³-hybridized carbons (Fsp3) is 0.103. The Morgan fingerprint density at radius 2 is 1.73 bits per heavy atom. The van der Waals surface area contributed by atoms with Crippen LogP contribution >= 0.6 is 11.8 Å². The summed E-state index contributed by atoms with van der Waals surface area (Å²) in [5.74, 6) is 0.815. The molecule has 8 heteroatoms. The number of rotatable bonds is 6. The average molecular weight is 510 g/mol. The molecule has 37 heavy (non-hydrogen) atoms. The molecule has 0 radical (unpaired) electrons. The molecule has 0 spiro atoms. The van der Waals surface area contributed by atoms with Gasteiger partial charge in [0.05, 0.1) is 22.1 Å². The number of amidine groups is 1. The van der Waals surface area contributed by atoms with Gasteiger partial charge in [-0.2, -0.15) is 0 Å². The highest BCUT2D eigenvalue weighted by Gasteiger charge is 2.34. The molecule has 1 saturated heterocycles. The van der Waals surface area contributed by atoms with E-state index < -0.39 is 4.92 Å². The largest absolute Gasteiger partial charge is 0.457 e. The Kier molecular flexibility index (Phi) is 6.74. The van der Waals surface area contributed by atoms with Crippen molar-refractivity contribution in [2.45, 2.75) is 20.4 Å². The van der Waals surface area contributed by atoms with Gasteiger partial charge in [0, 0.05) is 23.3 Å². The molecule has 0 unspecified atom stereocenters. The first-order chi connectivity index (χ1) is 17.9. The minimum absolute atomic E-state index is 0.0313. The highest BCUT2D eigenvalue weighted by molar-refractivity contribution is 8.18. The Hall–Kier alpha value is -4.43. The molecule has 5 rings (SSSR count). The first-order valence-corrected chi connectivity index (χ1v) is 12.5. The first kappa shape index (κ1) is 24.3. The molecule has 2 heterocycles. The van der Waals surface area contributed by atoms with Crippen LogP contribution in [0.1, 0.15) is 22.5 Å². The highest BCUT2D eigenvalue weighted by atomic mass is 32.2. The van der Waals surface area contributed by atoms with E-state index in [1.54, 1.807) is 42.2 Å². The lowest BCUT2D eigenvalue weighted by Crippen LogP contribution is -2.28. The monoisotopic (exact) mass is 509 g/mol. The van der Waals surface area contributed by atoms with Crippen LogP contribution in [0.2, 0.25) is 0 Å². The number of nitrogens with zero attached hydrogens (tertiary/aromatic N) is 3. The molecule has 1 amide bonds. The van der Waals surface area contributed by atoms with Crippen LogP contribution in [0.5, 0.6) is 0 Å². The predicted molar refractivity (Wildman–Crippen MR) is 146 cm³/mol. The molecule has 0 saturated carbocycles. The number of thioether (sulfide) groups is 1. The molecular weight excluding hydrogens is 486 g/mol. The molecule has 184 valence electrons. The zero-order valence-corrected chi connectivity index (χ0v) is 21.1.